The number of hydrogen-bond donors (Lipinski definition) is 3. The van der Waals surface area contributed by atoms with Gasteiger partial charge >= 0.3 is 12.1 Å². The lowest BCUT2D eigenvalue weighted by Crippen LogP contribution is -2.35. The molecule has 0 atom stereocenters. The predicted octanol–water partition coefficient (Wildman–Crippen LogP) is 1.16. The minimum atomic E-state index is -4.55. The zero-order valence-electron chi connectivity index (χ0n) is 11.6. The molecule has 2 amide bonds. The second kappa shape index (κ2) is 8.01. The highest BCUT2D eigenvalue weighted by molar-refractivity contribution is 6.03. The number of alkyl halides is 3. The number of aliphatic carboxylic acids is 1. The van der Waals surface area contributed by atoms with Crippen LogP contribution in [0, 0.1) is 0 Å². The Morgan fingerprint density at radius 1 is 1.17 bits per heavy atom. The average molecular weight is 334 g/mol. The summed E-state index contributed by atoms with van der Waals surface area (Å²) in [5.74, 6) is -2.90. The van der Waals surface area contributed by atoms with Gasteiger partial charge in [-0.1, -0.05) is 6.07 Å². The lowest BCUT2D eigenvalue weighted by molar-refractivity contribution is -0.140. The van der Waals surface area contributed by atoms with Crippen LogP contribution in [0.3, 0.4) is 0 Å². The topological polar surface area (TPSA) is 105 Å². The van der Waals surface area contributed by atoms with Crippen LogP contribution in [0.4, 0.5) is 18.9 Å². The van der Waals surface area contributed by atoms with Crippen molar-refractivity contribution in [2.24, 2.45) is 0 Å². The summed E-state index contributed by atoms with van der Waals surface area (Å²) in [5.41, 5.74) is 0.210. The minimum absolute atomic E-state index is 0.173. The number of amides is 2. The fourth-order valence-electron chi connectivity index (χ4n) is 1.42. The zero-order valence-corrected chi connectivity index (χ0v) is 11.6. The van der Waals surface area contributed by atoms with Gasteiger partial charge in [0.1, 0.15) is 18.7 Å². The first-order valence-corrected chi connectivity index (χ1v) is 6.23. The molecule has 0 radical (unpaired) electrons. The van der Waals surface area contributed by atoms with E-state index in [9.17, 15) is 27.6 Å². The largest absolute Gasteiger partial charge is 0.482 e. The van der Waals surface area contributed by atoms with Gasteiger partial charge in [0.2, 0.25) is 11.8 Å². The summed E-state index contributed by atoms with van der Waals surface area (Å²) in [7, 11) is 0. The summed E-state index contributed by atoms with van der Waals surface area (Å²) < 4.78 is 40.6. The molecule has 0 unspecified atom stereocenters. The van der Waals surface area contributed by atoms with E-state index >= 15 is 0 Å². The Labute approximate surface area is 128 Å². The monoisotopic (exact) mass is 334 g/mol. The summed E-state index contributed by atoms with van der Waals surface area (Å²) in [6.07, 6.45) is -5.34. The number of ether oxygens (including phenoxy) is 1. The van der Waals surface area contributed by atoms with Crippen LogP contribution >= 0.6 is 0 Å². The number of carbonyl (C=O) groups excluding carboxylic acids is 2. The molecule has 0 saturated carbocycles. The number of benzene rings is 1. The Balaban J connectivity index is 2.49. The van der Waals surface area contributed by atoms with Crippen LogP contribution in [0.15, 0.2) is 24.3 Å². The van der Waals surface area contributed by atoms with Crippen molar-refractivity contribution in [2.45, 2.75) is 12.6 Å². The van der Waals surface area contributed by atoms with Crippen molar-refractivity contribution in [1.29, 1.82) is 0 Å². The molecule has 0 aliphatic heterocycles. The van der Waals surface area contributed by atoms with Gasteiger partial charge in [-0.3, -0.25) is 9.59 Å². The predicted molar refractivity (Wildman–Crippen MR) is 71.9 cm³/mol. The van der Waals surface area contributed by atoms with Crippen molar-refractivity contribution in [3.8, 4) is 5.75 Å². The molecule has 1 aromatic rings. The Morgan fingerprint density at radius 2 is 1.87 bits per heavy atom. The number of carboxylic acid groups (broad SMARTS) is 1. The number of carbonyl (C=O) groups is 3. The van der Waals surface area contributed by atoms with Crippen molar-refractivity contribution >= 4 is 23.5 Å². The van der Waals surface area contributed by atoms with E-state index in [1.807, 2.05) is 0 Å². The molecule has 23 heavy (non-hydrogen) atoms. The van der Waals surface area contributed by atoms with Crippen molar-refractivity contribution in [3.63, 3.8) is 0 Å². The fourth-order valence-corrected chi connectivity index (χ4v) is 1.42. The standard InChI is InChI=1S/C13H13F3N2O5/c14-13(15,16)7-17-10(19)5-11(20)18-8-2-1-3-9(4-8)23-6-12(21)22/h1-4H,5-7H2,(H,17,19)(H,18,20)(H,21,22). The van der Waals surface area contributed by atoms with E-state index in [4.69, 9.17) is 9.84 Å². The van der Waals surface area contributed by atoms with E-state index < -0.39 is 43.5 Å². The van der Waals surface area contributed by atoms with Gasteiger partial charge in [-0.2, -0.15) is 13.2 Å². The van der Waals surface area contributed by atoms with Crippen LogP contribution in [0.1, 0.15) is 6.42 Å². The van der Waals surface area contributed by atoms with Crippen LogP contribution in [0.5, 0.6) is 5.75 Å². The molecular weight excluding hydrogens is 321 g/mol. The van der Waals surface area contributed by atoms with Gasteiger partial charge in [-0.15, -0.1) is 0 Å². The van der Waals surface area contributed by atoms with Crippen LogP contribution < -0.4 is 15.4 Å². The molecule has 0 heterocycles. The molecule has 0 bridgehead atoms. The highest BCUT2D eigenvalue weighted by atomic mass is 19.4. The number of halogens is 3. The molecule has 0 fully saturated rings. The quantitative estimate of drug-likeness (QED) is 0.649. The normalized spacial score (nSPS) is 10.7. The van der Waals surface area contributed by atoms with Crippen LogP contribution in [0.2, 0.25) is 0 Å². The maximum absolute atomic E-state index is 11.9. The molecule has 7 nitrogen and oxygen atoms in total. The van der Waals surface area contributed by atoms with Crippen molar-refractivity contribution in [2.75, 3.05) is 18.5 Å². The first-order valence-electron chi connectivity index (χ1n) is 6.23. The SMILES string of the molecule is O=C(O)COc1cccc(NC(=O)CC(=O)NCC(F)(F)F)c1. The van der Waals surface area contributed by atoms with Crippen molar-refractivity contribution < 1.29 is 37.4 Å². The highest BCUT2D eigenvalue weighted by Gasteiger charge is 2.28. The summed E-state index contributed by atoms with van der Waals surface area (Å²) >= 11 is 0. The number of hydrogen-bond acceptors (Lipinski definition) is 4. The van der Waals surface area contributed by atoms with Crippen molar-refractivity contribution in [3.05, 3.63) is 24.3 Å². The smallest absolute Gasteiger partial charge is 0.405 e. The summed E-state index contributed by atoms with van der Waals surface area (Å²) in [6, 6.07) is 5.68. The molecule has 126 valence electrons. The number of nitrogens with one attached hydrogen (secondary N) is 2. The second-order valence-electron chi connectivity index (χ2n) is 4.33. The Morgan fingerprint density at radius 3 is 2.48 bits per heavy atom. The van der Waals surface area contributed by atoms with Gasteiger partial charge in [0.25, 0.3) is 0 Å². The Bertz CT molecular complexity index is 589. The molecule has 0 spiro atoms. The van der Waals surface area contributed by atoms with E-state index in [-0.39, 0.29) is 11.4 Å². The van der Waals surface area contributed by atoms with E-state index in [0.717, 1.165) is 0 Å². The third kappa shape index (κ3) is 8.29. The van der Waals surface area contributed by atoms with E-state index in [1.165, 1.54) is 24.3 Å². The summed E-state index contributed by atoms with van der Waals surface area (Å²) in [5, 5.41) is 12.3. The summed E-state index contributed by atoms with van der Waals surface area (Å²) in [6.45, 7) is -2.09. The molecule has 1 rings (SSSR count). The molecule has 10 heteroatoms. The lowest BCUT2D eigenvalue weighted by Gasteiger charge is -2.09. The molecule has 1 aromatic carbocycles. The molecule has 0 saturated heterocycles. The van der Waals surface area contributed by atoms with Gasteiger partial charge in [0.15, 0.2) is 6.61 Å². The third-order valence-corrected chi connectivity index (χ3v) is 2.29. The number of anilines is 1. The fraction of sp³-hybridized carbons (Fsp3) is 0.308. The maximum atomic E-state index is 11.9. The Hall–Kier alpha value is -2.78. The number of rotatable bonds is 7. The van der Waals surface area contributed by atoms with Gasteiger partial charge in [0, 0.05) is 11.8 Å². The van der Waals surface area contributed by atoms with Crippen LogP contribution in [-0.2, 0) is 14.4 Å². The van der Waals surface area contributed by atoms with E-state index in [1.54, 1.807) is 5.32 Å². The molecule has 3 N–H and O–H groups in total. The van der Waals surface area contributed by atoms with E-state index in [0.29, 0.717) is 0 Å². The van der Waals surface area contributed by atoms with Crippen LogP contribution in [-0.4, -0.2) is 42.2 Å². The summed E-state index contributed by atoms with van der Waals surface area (Å²) in [4.78, 5) is 33.1. The third-order valence-electron chi connectivity index (χ3n) is 2.29. The average Bonchev–Trinajstić information content (AvgIpc) is 2.42. The molecule has 0 aromatic heterocycles. The zero-order chi connectivity index (χ0) is 17.5. The first-order chi connectivity index (χ1) is 10.7. The van der Waals surface area contributed by atoms with Gasteiger partial charge in [-0.05, 0) is 12.1 Å². The van der Waals surface area contributed by atoms with Crippen LogP contribution in [0.25, 0.3) is 0 Å². The van der Waals surface area contributed by atoms with E-state index in [2.05, 4.69) is 5.32 Å². The minimum Gasteiger partial charge on any atom is -0.482 e. The second-order valence-corrected chi connectivity index (χ2v) is 4.33. The molecule has 0 aliphatic rings. The highest BCUT2D eigenvalue weighted by Crippen LogP contribution is 2.17. The lowest BCUT2D eigenvalue weighted by atomic mass is 10.3. The van der Waals surface area contributed by atoms with Gasteiger partial charge in [0.05, 0.1) is 0 Å². The van der Waals surface area contributed by atoms with Gasteiger partial charge < -0.3 is 20.5 Å². The molecule has 0 aliphatic carbocycles. The first kappa shape index (κ1) is 18.3. The van der Waals surface area contributed by atoms with Gasteiger partial charge in [-0.25, -0.2) is 4.79 Å². The Kier molecular flexibility index (Phi) is 6.36. The maximum Gasteiger partial charge on any atom is 0.405 e. The number of carboxylic acids is 1. The van der Waals surface area contributed by atoms with Crippen molar-refractivity contribution in [1.82, 2.24) is 5.32 Å². The molecular formula is C13H13F3N2O5.